The predicted octanol–water partition coefficient (Wildman–Crippen LogP) is 2.76. The van der Waals surface area contributed by atoms with E-state index >= 15 is 0 Å². The van der Waals surface area contributed by atoms with E-state index in [4.69, 9.17) is 21.6 Å². The Labute approximate surface area is 89.1 Å². The van der Waals surface area contributed by atoms with Crippen LogP contribution in [0.15, 0.2) is 24.3 Å². The van der Waals surface area contributed by atoms with E-state index in [9.17, 15) is 0 Å². The zero-order valence-electron chi connectivity index (χ0n) is 8.03. The van der Waals surface area contributed by atoms with E-state index in [1.807, 2.05) is 30.3 Å². The van der Waals surface area contributed by atoms with Crippen LogP contribution in [0.3, 0.4) is 0 Å². The van der Waals surface area contributed by atoms with Crippen molar-refractivity contribution in [3.8, 4) is 11.8 Å². The lowest BCUT2D eigenvalue weighted by Crippen LogP contribution is -2.10. The average Bonchev–Trinajstić information content (AvgIpc) is 2.26. The predicted molar refractivity (Wildman–Crippen MR) is 56.6 cm³/mol. The van der Waals surface area contributed by atoms with Crippen LogP contribution in [0.25, 0.3) is 0 Å². The summed E-state index contributed by atoms with van der Waals surface area (Å²) < 4.78 is 5.43. The monoisotopic (exact) mass is 209 g/mol. The third-order valence-corrected chi connectivity index (χ3v) is 2.10. The Kier molecular flexibility index (Phi) is 4.28. The van der Waals surface area contributed by atoms with Gasteiger partial charge < -0.3 is 4.74 Å². The van der Waals surface area contributed by atoms with Gasteiger partial charge in [0.15, 0.2) is 5.38 Å². The number of rotatable bonds is 4. The maximum Gasteiger partial charge on any atom is 0.154 e. The summed E-state index contributed by atoms with van der Waals surface area (Å²) in [7, 11) is 0. The highest BCUT2D eigenvalue weighted by Crippen LogP contribution is 2.18. The number of para-hydroxylation sites is 1. The minimum Gasteiger partial charge on any atom is -0.491 e. The summed E-state index contributed by atoms with van der Waals surface area (Å²) in [5, 5.41) is 7.89. The molecular formula is C11H12ClNO. The van der Waals surface area contributed by atoms with Crippen molar-refractivity contribution in [2.24, 2.45) is 0 Å². The normalized spacial score (nSPS) is 11.8. The molecular weight excluding hydrogens is 198 g/mol. The van der Waals surface area contributed by atoms with E-state index in [-0.39, 0.29) is 6.61 Å². The van der Waals surface area contributed by atoms with Crippen molar-refractivity contribution in [1.82, 2.24) is 0 Å². The number of hydrogen-bond acceptors (Lipinski definition) is 2. The molecule has 0 aliphatic carbocycles. The maximum absolute atomic E-state index is 8.48. The van der Waals surface area contributed by atoms with Gasteiger partial charge in [0, 0.05) is 0 Å². The van der Waals surface area contributed by atoms with Gasteiger partial charge in [-0.15, -0.1) is 11.6 Å². The molecule has 1 aromatic carbocycles. The molecule has 1 rings (SSSR count). The van der Waals surface area contributed by atoms with Crippen molar-refractivity contribution < 1.29 is 4.74 Å². The Morgan fingerprint density at radius 2 is 2.21 bits per heavy atom. The first-order valence-electron chi connectivity index (χ1n) is 4.52. The van der Waals surface area contributed by atoms with Crippen LogP contribution in [0.4, 0.5) is 0 Å². The first kappa shape index (κ1) is 10.9. The number of benzene rings is 1. The molecule has 1 unspecified atom stereocenters. The number of halogens is 1. The van der Waals surface area contributed by atoms with Gasteiger partial charge in [-0.2, -0.15) is 5.26 Å². The molecule has 1 aromatic rings. The van der Waals surface area contributed by atoms with Crippen LogP contribution in [-0.2, 0) is 6.42 Å². The second-order valence-electron chi connectivity index (χ2n) is 2.87. The molecule has 74 valence electrons. The fourth-order valence-electron chi connectivity index (χ4n) is 1.14. The largest absolute Gasteiger partial charge is 0.491 e. The maximum atomic E-state index is 8.48. The minimum atomic E-state index is -0.583. The van der Waals surface area contributed by atoms with Crippen LogP contribution < -0.4 is 4.74 Å². The smallest absolute Gasteiger partial charge is 0.154 e. The SMILES string of the molecule is CCc1ccccc1OCC(Cl)C#N. The van der Waals surface area contributed by atoms with Gasteiger partial charge in [-0.25, -0.2) is 0 Å². The standard InChI is InChI=1S/C11H12ClNO/c1-2-9-5-3-4-6-11(9)14-8-10(12)7-13/h3-6,10H,2,8H2,1H3. The third-order valence-electron chi connectivity index (χ3n) is 1.88. The van der Waals surface area contributed by atoms with Gasteiger partial charge in [0.05, 0.1) is 6.07 Å². The molecule has 0 saturated heterocycles. The number of ether oxygens (including phenoxy) is 1. The third kappa shape index (κ3) is 2.93. The first-order valence-corrected chi connectivity index (χ1v) is 4.96. The minimum absolute atomic E-state index is 0.231. The van der Waals surface area contributed by atoms with Crippen LogP contribution in [0, 0.1) is 11.3 Å². The van der Waals surface area contributed by atoms with E-state index in [1.165, 1.54) is 0 Å². The van der Waals surface area contributed by atoms with Crippen molar-refractivity contribution in [2.75, 3.05) is 6.61 Å². The van der Waals surface area contributed by atoms with Crippen molar-refractivity contribution in [2.45, 2.75) is 18.7 Å². The van der Waals surface area contributed by atoms with Crippen LogP contribution in [0.5, 0.6) is 5.75 Å². The summed E-state index contributed by atoms with van der Waals surface area (Å²) in [6.45, 7) is 2.29. The quantitative estimate of drug-likeness (QED) is 0.715. The number of nitrogens with zero attached hydrogens (tertiary/aromatic N) is 1. The van der Waals surface area contributed by atoms with Gasteiger partial charge in [-0.3, -0.25) is 0 Å². The molecule has 0 heterocycles. The van der Waals surface area contributed by atoms with E-state index in [1.54, 1.807) is 0 Å². The highest BCUT2D eigenvalue weighted by Gasteiger charge is 2.05. The van der Waals surface area contributed by atoms with Gasteiger partial charge in [-0.1, -0.05) is 25.1 Å². The lowest BCUT2D eigenvalue weighted by atomic mass is 10.1. The molecule has 14 heavy (non-hydrogen) atoms. The molecule has 2 nitrogen and oxygen atoms in total. The van der Waals surface area contributed by atoms with E-state index in [0.29, 0.717) is 0 Å². The molecule has 3 heteroatoms. The van der Waals surface area contributed by atoms with Gasteiger partial charge in [0.1, 0.15) is 12.4 Å². The summed E-state index contributed by atoms with van der Waals surface area (Å²) in [6.07, 6.45) is 0.912. The Morgan fingerprint density at radius 3 is 2.86 bits per heavy atom. The lowest BCUT2D eigenvalue weighted by molar-refractivity contribution is 0.326. The van der Waals surface area contributed by atoms with Gasteiger partial charge in [-0.05, 0) is 18.1 Å². The molecule has 0 fully saturated rings. The fourth-order valence-corrected chi connectivity index (χ4v) is 1.20. The highest BCUT2D eigenvalue weighted by molar-refractivity contribution is 6.22. The molecule has 0 amide bonds. The van der Waals surface area contributed by atoms with E-state index in [0.717, 1.165) is 17.7 Å². The molecule has 0 aliphatic heterocycles. The molecule has 0 bridgehead atoms. The van der Waals surface area contributed by atoms with Crippen molar-refractivity contribution in [1.29, 1.82) is 5.26 Å². The number of nitriles is 1. The van der Waals surface area contributed by atoms with E-state index in [2.05, 4.69) is 6.92 Å². The van der Waals surface area contributed by atoms with Crippen molar-refractivity contribution in [3.05, 3.63) is 29.8 Å². The van der Waals surface area contributed by atoms with Crippen LogP contribution in [-0.4, -0.2) is 12.0 Å². The molecule has 0 radical (unpaired) electrons. The highest BCUT2D eigenvalue weighted by atomic mass is 35.5. The average molecular weight is 210 g/mol. The zero-order chi connectivity index (χ0) is 10.4. The Bertz CT molecular complexity index is 332. The first-order chi connectivity index (χ1) is 6.77. The number of hydrogen-bond donors (Lipinski definition) is 0. The van der Waals surface area contributed by atoms with E-state index < -0.39 is 5.38 Å². The topological polar surface area (TPSA) is 33.0 Å². The summed E-state index contributed by atoms with van der Waals surface area (Å²) in [5.41, 5.74) is 1.13. The Balaban J connectivity index is 2.63. The van der Waals surface area contributed by atoms with Crippen molar-refractivity contribution >= 4 is 11.6 Å². The van der Waals surface area contributed by atoms with Gasteiger partial charge in [0.25, 0.3) is 0 Å². The summed E-state index contributed by atoms with van der Waals surface area (Å²) in [6, 6.07) is 9.68. The molecule has 1 atom stereocenters. The Morgan fingerprint density at radius 1 is 1.50 bits per heavy atom. The number of aryl methyl sites for hydroxylation is 1. The van der Waals surface area contributed by atoms with Crippen LogP contribution >= 0.6 is 11.6 Å². The lowest BCUT2D eigenvalue weighted by Gasteiger charge is -2.09. The zero-order valence-corrected chi connectivity index (χ0v) is 8.79. The molecule has 0 saturated carbocycles. The van der Waals surface area contributed by atoms with Crippen molar-refractivity contribution in [3.63, 3.8) is 0 Å². The molecule has 0 aromatic heterocycles. The summed E-state index contributed by atoms with van der Waals surface area (Å²) >= 11 is 5.62. The summed E-state index contributed by atoms with van der Waals surface area (Å²) in [5.74, 6) is 0.816. The van der Waals surface area contributed by atoms with Crippen LogP contribution in [0.1, 0.15) is 12.5 Å². The van der Waals surface area contributed by atoms with Gasteiger partial charge in [0.2, 0.25) is 0 Å². The molecule has 0 spiro atoms. The molecule has 0 aliphatic rings. The summed E-state index contributed by atoms with van der Waals surface area (Å²) in [4.78, 5) is 0. The van der Waals surface area contributed by atoms with Crippen LogP contribution in [0.2, 0.25) is 0 Å². The second kappa shape index (κ2) is 5.51. The number of alkyl halides is 1. The molecule has 0 N–H and O–H groups in total. The Hall–Kier alpha value is -1.20. The second-order valence-corrected chi connectivity index (χ2v) is 3.40. The van der Waals surface area contributed by atoms with Gasteiger partial charge >= 0.3 is 0 Å². The fraction of sp³-hybridized carbons (Fsp3) is 0.364.